The number of rotatable bonds is 3. The summed E-state index contributed by atoms with van der Waals surface area (Å²) >= 11 is 0. The van der Waals surface area contributed by atoms with Crippen LogP contribution in [0, 0.1) is 5.92 Å². The molecule has 0 radical (unpaired) electrons. The van der Waals surface area contributed by atoms with Crippen molar-refractivity contribution in [3.63, 3.8) is 0 Å². The van der Waals surface area contributed by atoms with Gasteiger partial charge in [-0.25, -0.2) is 9.97 Å². The van der Waals surface area contributed by atoms with Crippen LogP contribution in [0.5, 0.6) is 0 Å². The first-order valence-corrected chi connectivity index (χ1v) is 4.38. The summed E-state index contributed by atoms with van der Waals surface area (Å²) in [7, 11) is 2.00. The average molecular weight is 180 g/mol. The zero-order valence-corrected chi connectivity index (χ0v) is 8.36. The second kappa shape index (κ2) is 4.07. The summed E-state index contributed by atoms with van der Waals surface area (Å²) < 4.78 is 0. The lowest BCUT2D eigenvalue weighted by atomic mass is 10.2. The first kappa shape index (κ1) is 9.77. The molecule has 1 aromatic heterocycles. The molecule has 4 heteroatoms. The maximum atomic E-state index is 5.55. The summed E-state index contributed by atoms with van der Waals surface area (Å²) in [5, 5.41) is 0. The number of aromatic nitrogens is 2. The molecular weight excluding hydrogens is 164 g/mol. The molecule has 2 N–H and O–H groups in total. The highest BCUT2D eigenvalue weighted by molar-refractivity contribution is 5.44. The van der Waals surface area contributed by atoms with Gasteiger partial charge in [-0.05, 0) is 5.92 Å². The van der Waals surface area contributed by atoms with Crippen LogP contribution in [0.15, 0.2) is 12.4 Å². The zero-order valence-electron chi connectivity index (χ0n) is 8.36. The van der Waals surface area contributed by atoms with Crippen molar-refractivity contribution in [3.8, 4) is 0 Å². The van der Waals surface area contributed by atoms with Gasteiger partial charge in [0.15, 0.2) is 0 Å². The molecule has 0 saturated carbocycles. The maximum absolute atomic E-state index is 5.55. The van der Waals surface area contributed by atoms with Gasteiger partial charge in [-0.1, -0.05) is 13.8 Å². The second-order valence-corrected chi connectivity index (χ2v) is 3.58. The molecule has 0 amide bonds. The standard InChI is InChI=1S/C9H16N4/c1-7(2)5-13(3)9-4-8(10)11-6-12-9/h4,6-7H,5H2,1-3H3,(H2,10,11,12). The summed E-state index contributed by atoms with van der Waals surface area (Å²) in [6, 6.07) is 1.78. The molecule has 4 nitrogen and oxygen atoms in total. The minimum atomic E-state index is 0.514. The molecule has 0 atom stereocenters. The molecule has 72 valence electrons. The van der Waals surface area contributed by atoms with Gasteiger partial charge in [0, 0.05) is 19.7 Å². The molecule has 0 aliphatic carbocycles. The van der Waals surface area contributed by atoms with Crippen LogP contribution in [0.3, 0.4) is 0 Å². The third kappa shape index (κ3) is 2.89. The van der Waals surface area contributed by atoms with Crippen LogP contribution < -0.4 is 10.6 Å². The Hall–Kier alpha value is -1.32. The van der Waals surface area contributed by atoms with Crippen LogP contribution >= 0.6 is 0 Å². The van der Waals surface area contributed by atoms with E-state index in [9.17, 15) is 0 Å². The molecule has 0 aliphatic heterocycles. The van der Waals surface area contributed by atoms with E-state index in [1.54, 1.807) is 6.07 Å². The lowest BCUT2D eigenvalue weighted by molar-refractivity contribution is 0.634. The van der Waals surface area contributed by atoms with E-state index in [0.29, 0.717) is 11.7 Å². The summed E-state index contributed by atoms with van der Waals surface area (Å²) in [5.41, 5.74) is 5.55. The summed E-state index contributed by atoms with van der Waals surface area (Å²) in [5.74, 6) is 2.00. The van der Waals surface area contributed by atoms with Crippen LogP contribution in [0.1, 0.15) is 13.8 Å². The van der Waals surface area contributed by atoms with E-state index in [1.165, 1.54) is 6.33 Å². The molecule has 0 unspecified atom stereocenters. The number of nitrogen functional groups attached to an aromatic ring is 1. The maximum Gasteiger partial charge on any atom is 0.133 e. The van der Waals surface area contributed by atoms with Crippen LogP contribution in [0.4, 0.5) is 11.6 Å². The van der Waals surface area contributed by atoms with Gasteiger partial charge < -0.3 is 10.6 Å². The quantitative estimate of drug-likeness (QED) is 0.758. The smallest absolute Gasteiger partial charge is 0.133 e. The number of nitrogens with two attached hydrogens (primary N) is 1. The fourth-order valence-electron chi connectivity index (χ4n) is 1.21. The zero-order chi connectivity index (χ0) is 9.84. The van der Waals surface area contributed by atoms with Crippen molar-refractivity contribution in [1.82, 2.24) is 9.97 Å². The van der Waals surface area contributed by atoms with Crippen molar-refractivity contribution in [3.05, 3.63) is 12.4 Å². The first-order valence-electron chi connectivity index (χ1n) is 4.38. The van der Waals surface area contributed by atoms with Crippen molar-refractivity contribution < 1.29 is 0 Å². The van der Waals surface area contributed by atoms with E-state index in [0.717, 1.165) is 12.4 Å². The van der Waals surface area contributed by atoms with Gasteiger partial charge in [0.05, 0.1) is 0 Å². The number of hydrogen-bond acceptors (Lipinski definition) is 4. The van der Waals surface area contributed by atoms with Crippen molar-refractivity contribution in [2.24, 2.45) is 5.92 Å². The normalized spacial score (nSPS) is 10.5. The Morgan fingerprint density at radius 1 is 1.46 bits per heavy atom. The molecule has 1 heterocycles. The monoisotopic (exact) mass is 180 g/mol. The van der Waals surface area contributed by atoms with Gasteiger partial charge in [-0.3, -0.25) is 0 Å². The van der Waals surface area contributed by atoms with Crippen LogP contribution in [-0.2, 0) is 0 Å². The highest BCUT2D eigenvalue weighted by Crippen LogP contribution is 2.11. The predicted molar refractivity (Wildman–Crippen MR) is 54.6 cm³/mol. The Morgan fingerprint density at radius 3 is 2.69 bits per heavy atom. The van der Waals surface area contributed by atoms with Crippen LogP contribution in [0.2, 0.25) is 0 Å². The highest BCUT2D eigenvalue weighted by Gasteiger charge is 2.04. The van der Waals surface area contributed by atoms with Gasteiger partial charge in [-0.2, -0.15) is 0 Å². The Morgan fingerprint density at radius 2 is 2.15 bits per heavy atom. The van der Waals surface area contributed by atoms with E-state index in [1.807, 2.05) is 7.05 Å². The molecular formula is C9H16N4. The van der Waals surface area contributed by atoms with Crippen molar-refractivity contribution in [2.45, 2.75) is 13.8 Å². The van der Waals surface area contributed by atoms with Gasteiger partial charge in [0.25, 0.3) is 0 Å². The number of anilines is 2. The van der Waals surface area contributed by atoms with Crippen molar-refractivity contribution in [1.29, 1.82) is 0 Å². The molecule has 0 aromatic carbocycles. The Labute approximate surface area is 78.8 Å². The van der Waals surface area contributed by atoms with E-state index >= 15 is 0 Å². The molecule has 0 bridgehead atoms. The van der Waals surface area contributed by atoms with E-state index in [2.05, 4.69) is 28.7 Å². The van der Waals surface area contributed by atoms with Crippen LogP contribution in [0.25, 0.3) is 0 Å². The molecule has 13 heavy (non-hydrogen) atoms. The lowest BCUT2D eigenvalue weighted by Gasteiger charge is -2.19. The van der Waals surface area contributed by atoms with Gasteiger partial charge in [-0.15, -0.1) is 0 Å². The van der Waals surface area contributed by atoms with E-state index in [-0.39, 0.29) is 0 Å². The number of nitrogens with zero attached hydrogens (tertiary/aromatic N) is 3. The SMILES string of the molecule is CC(C)CN(C)c1cc(N)ncn1. The average Bonchev–Trinajstić information content (AvgIpc) is 2.03. The minimum Gasteiger partial charge on any atom is -0.384 e. The Kier molecular flexibility index (Phi) is 3.06. The van der Waals surface area contributed by atoms with Crippen molar-refractivity contribution in [2.75, 3.05) is 24.2 Å². The second-order valence-electron chi connectivity index (χ2n) is 3.58. The third-order valence-corrected chi connectivity index (χ3v) is 1.70. The van der Waals surface area contributed by atoms with Gasteiger partial charge >= 0.3 is 0 Å². The fraction of sp³-hybridized carbons (Fsp3) is 0.556. The van der Waals surface area contributed by atoms with Crippen LogP contribution in [-0.4, -0.2) is 23.6 Å². The van der Waals surface area contributed by atoms with E-state index < -0.39 is 0 Å². The Balaban J connectivity index is 2.71. The topological polar surface area (TPSA) is 55.0 Å². The Bertz CT molecular complexity index is 272. The molecule has 0 spiro atoms. The molecule has 1 aromatic rings. The van der Waals surface area contributed by atoms with E-state index in [4.69, 9.17) is 5.73 Å². The number of hydrogen-bond donors (Lipinski definition) is 1. The van der Waals surface area contributed by atoms with Gasteiger partial charge in [0.1, 0.15) is 18.0 Å². The third-order valence-electron chi connectivity index (χ3n) is 1.70. The minimum absolute atomic E-state index is 0.514. The first-order chi connectivity index (χ1) is 6.09. The predicted octanol–water partition coefficient (Wildman–Crippen LogP) is 1.15. The largest absolute Gasteiger partial charge is 0.384 e. The van der Waals surface area contributed by atoms with Gasteiger partial charge in [0.2, 0.25) is 0 Å². The fourth-order valence-corrected chi connectivity index (χ4v) is 1.21. The molecule has 0 aliphatic rings. The summed E-state index contributed by atoms with van der Waals surface area (Å²) in [6.45, 7) is 5.30. The molecule has 1 rings (SSSR count). The summed E-state index contributed by atoms with van der Waals surface area (Å²) in [6.07, 6.45) is 1.49. The lowest BCUT2D eigenvalue weighted by Crippen LogP contribution is -2.23. The van der Waals surface area contributed by atoms with Crippen molar-refractivity contribution >= 4 is 11.6 Å². The molecule has 0 fully saturated rings. The highest BCUT2D eigenvalue weighted by atomic mass is 15.2. The summed E-state index contributed by atoms with van der Waals surface area (Å²) in [4.78, 5) is 10.0. The molecule has 0 saturated heterocycles.